The standard InChI is InChI=1S/C25H25NO6/c1-15-16(2)23(27)32-22-17(3)21(12-11-19(15)22)31-24(28)20-10-7-13-26(20)25(29)30-14-18-8-5-4-6-9-18/h4-6,8-9,11-12,20H,7,10,13-14H2,1-3H3/t20-/m1/s1. The average molecular weight is 435 g/mol. The van der Waals surface area contributed by atoms with Crippen molar-refractivity contribution in [2.75, 3.05) is 6.54 Å². The van der Waals surface area contributed by atoms with Gasteiger partial charge in [0.2, 0.25) is 0 Å². The molecule has 2 aromatic carbocycles. The molecule has 1 aliphatic heterocycles. The molecule has 3 aromatic rings. The highest BCUT2D eigenvalue weighted by Gasteiger charge is 2.37. The maximum absolute atomic E-state index is 12.9. The summed E-state index contributed by atoms with van der Waals surface area (Å²) in [5.74, 6) is -0.230. The van der Waals surface area contributed by atoms with Gasteiger partial charge in [-0.2, -0.15) is 0 Å². The molecule has 0 radical (unpaired) electrons. The third kappa shape index (κ3) is 4.10. The summed E-state index contributed by atoms with van der Waals surface area (Å²) in [6.45, 7) is 5.88. The van der Waals surface area contributed by atoms with Crippen LogP contribution < -0.4 is 10.4 Å². The number of esters is 1. The minimum absolute atomic E-state index is 0.138. The second-order valence-electron chi connectivity index (χ2n) is 8.02. The van der Waals surface area contributed by atoms with Crippen molar-refractivity contribution in [1.82, 2.24) is 4.90 Å². The van der Waals surface area contributed by atoms with Gasteiger partial charge in [0, 0.05) is 23.1 Å². The number of carbonyl (C=O) groups excluding carboxylic acids is 2. The highest BCUT2D eigenvalue weighted by atomic mass is 16.6. The van der Waals surface area contributed by atoms with E-state index in [1.54, 1.807) is 26.0 Å². The van der Waals surface area contributed by atoms with E-state index >= 15 is 0 Å². The van der Waals surface area contributed by atoms with E-state index in [0.717, 1.165) is 16.5 Å². The molecule has 0 unspecified atom stereocenters. The fourth-order valence-electron chi connectivity index (χ4n) is 3.94. The first-order chi connectivity index (χ1) is 15.4. The summed E-state index contributed by atoms with van der Waals surface area (Å²) in [7, 11) is 0. The lowest BCUT2D eigenvalue weighted by atomic mass is 10.0. The molecule has 7 heteroatoms. The molecule has 1 amide bonds. The second kappa shape index (κ2) is 8.86. The summed E-state index contributed by atoms with van der Waals surface area (Å²) in [5, 5.41) is 0.798. The molecule has 0 N–H and O–H groups in total. The normalized spacial score (nSPS) is 15.7. The third-order valence-corrected chi connectivity index (χ3v) is 6.00. The van der Waals surface area contributed by atoms with Crippen LogP contribution >= 0.6 is 0 Å². The lowest BCUT2D eigenvalue weighted by Crippen LogP contribution is -2.42. The molecule has 1 aromatic heterocycles. The summed E-state index contributed by atoms with van der Waals surface area (Å²) < 4.78 is 16.5. The molecule has 2 heterocycles. The number of nitrogens with zero attached hydrogens (tertiary/aromatic N) is 1. The van der Waals surface area contributed by atoms with Crippen LogP contribution in [0.1, 0.15) is 35.1 Å². The van der Waals surface area contributed by atoms with Crippen molar-refractivity contribution in [1.29, 1.82) is 0 Å². The first-order valence-electron chi connectivity index (χ1n) is 10.6. The Morgan fingerprint density at radius 3 is 2.53 bits per heavy atom. The molecule has 166 valence electrons. The van der Waals surface area contributed by atoms with Crippen molar-refractivity contribution in [3.8, 4) is 5.75 Å². The summed E-state index contributed by atoms with van der Waals surface area (Å²) in [4.78, 5) is 39.0. The maximum Gasteiger partial charge on any atom is 0.410 e. The van der Waals surface area contributed by atoms with Crippen LogP contribution in [-0.4, -0.2) is 29.5 Å². The number of benzene rings is 2. The van der Waals surface area contributed by atoms with Crippen LogP contribution in [0.4, 0.5) is 4.79 Å². The smallest absolute Gasteiger partial charge is 0.410 e. The molecule has 7 nitrogen and oxygen atoms in total. The molecular weight excluding hydrogens is 410 g/mol. The van der Waals surface area contributed by atoms with Crippen molar-refractivity contribution in [3.05, 3.63) is 75.1 Å². The summed E-state index contributed by atoms with van der Waals surface area (Å²) in [5.41, 5.74) is 2.81. The average Bonchev–Trinajstić information content (AvgIpc) is 3.29. The van der Waals surface area contributed by atoms with E-state index in [1.165, 1.54) is 4.90 Å². The van der Waals surface area contributed by atoms with Gasteiger partial charge >= 0.3 is 17.7 Å². The molecule has 0 aliphatic carbocycles. The van der Waals surface area contributed by atoms with Crippen molar-refractivity contribution in [2.45, 2.75) is 46.3 Å². The van der Waals surface area contributed by atoms with Gasteiger partial charge in [-0.1, -0.05) is 30.3 Å². The zero-order valence-corrected chi connectivity index (χ0v) is 18.3. The van der Waals surface area contributed by atoms with Gasteiger partial charge in [0.1, 0.15) is 24.0 Å². The number of hydrogen-bond acceptors (Lipinski definition) is 6. The predicted octanol–water partition coefficient (Wildman–Crippen LogP) is 4.42. The second-order valence-corrected chi connectivity index (χ2v) is 8.02. The van der Waals surface area contributed by atoms with Gasteiger partial charge in [-0.05, 0) is 56.9 Å². The van der Waals surface area contributed by atoms with Crippen LogP contribution in [0.2, 0.25) is 0 Å². The van der Waals surface area contributed by atoms with E-state index < -0.39 is 23.7 Å². The Balaban J connectivity index is 1.49. The fourth-order valence-corrected chi connectivity index (χ4v) is 3.94. The van der Waals surface area contributed by atoms with Crippen LogP contribution in [0.3, 0.4) is 0 Å². The van der Waals surface area contributed by atoms with Crippen LogP contribution in [-0.2, 0) is 16.1 Å². The number of aryl methyl sites for hydroxylation is 2. The van der Waals surface area contributed by atoms with Gasteiger partial charge in [-0.15, -0.1) is 0 Å². The van der Waals surface area contributed by atoms with E-state index in [9.17, 15) is 14.4 Å². The third-order valence-electron chi connectivity index (χ3n) is 6.00. The Labute approximate surface area is 185 Å². The molecule has 0 bridgehead atoms. The van der Waals surface area contributed by atoms with Crippen LogP contribution in [0, 0.1) is 20.8 Å². The fraction of sp³-hybridized carbons (Fsp3) is 0.320. The summed E-state index contributed by atoms with van der Waals surface area (Å²) >= 11 is 0. The van der Waals surface area contributed by atoms with Crippen molar-refractivity contribution < 1.29 is 23.5 Å². The number of ether oxygens (including phenoxy) is 2. The van der Waals surface area contributed by atoms with Crippen molar-refractivity contribution in [2.24, 2.45) is 0 Å². The highest BCUT2D eigenvalue weighted by Crippen LogP contribution is 2.30. The molecule has 1 atom stereocenters. The van der Waals surface area contributed by atoms with Gasteiger partial charge < -0.3 is 13.9 Å². The molecule has 0 spiro atoms. The molecular formula is C25H25NO6. The molecule has 1 fully saturated rings. The van der Waals surface area contributed by atoms with Gasteiger partial charge in [0.05, 0.1) is 0 Å². The SMILES string of the molecule is Cc1c(C)c2ccc(OC(=O)[C@H]3CCCN3C(=O)OCc3ccccc3)c(C)c2oc1=O. The van der Waals surface area contributed by atoms with Gasteiger partial charge in [0.15, 0.2) is 0 Å². The van der Waals surface area contributed by atoms with Gasteiger partial charge in [-0.3, -0.25) is 4.90 Å². The lowest BCUT2D eigenvalue weighted by molar-refractivity contribution is -0.139. The predicted molar refractivity (Wildman–Crippen MR) is 119 cm³/mol. The van der Waals surface area contributed by atoms with Gasteiger partial charge in [-0.25, -0.2) is 14.4 Å². The maximum atomic E-state index is 12.9. The number of rotatable bonds is 4. The van der Waals surface area contributed by atoms with E-state index in [4.69, 9.17) is 13.9 Å². The zero-order chi connectivity index (χ0) is 22.8. The number of amides is 1. The Hall–Kier alpha value is -3.61. The van der Waals surface area contributed by atoms with E-state index in [2.05, 4.69) is 0 Å². The molecule has 1 saturated heterocycles. The topological polar surface area (TPSA) is 86.1 Å². The van der Waals surface area contributed by atoms with Crippen LogP contribution in [0.25, 0.3) is 11.0 Å². The Morgan fingerprint density at radius 2 is 1.78 bits per heavy atom. The first-order valence-corrected chi connectivity index (χ1v) is 10.6. The van der Waals surface area contributed by atoms with E-state index in [-0.39, 0.29) is 6.61 Å². The number of carbonyl (C=O) groups is 2. The summed E-state index contributed by atoms with van der Waals surface area (Å²) in [6.07, 6.45) is 0.643. The van der Waals surface area contributed by atoms with Crippen LogP contribution in [0.15, 0.2) is 51.7 Å². The largest absolute Gasteiger partial charge is 0.445 e. The van der Waals surface area contributed by atoms with Crippen molar-refractivity contribution in [3.63, 3.8) is 0 Å². The highest BCUT2D eigenvalue weighted by molar-refractivity contribution is 5.88. The lowest BCUT2D eigenvalue weighted by Gasteiger charge is -2.23. The molecule has 32 heavy (non-hydrogen) atoms. The van der Waals surface area contributed by atoms with E-state index in [1.807, 2.05) is 37.3 Å². The Kier molecular flexibility index (Phi) is 5.99. The van der Waals surface area contributed by atoms with Crippen molar-refractivity contribution >= 4 is 23.0 Å². The zero-order valence-electron chi connectivity index (χ0n) is 18.3. The van der Waals surface area contributed by atoms with E-state index in [0.29, 0.717) is 41.8 Å². The minimum atomic E-state index is -0.722. The molecule has 4 rings (SSSR count). The number of hydrogen-bond donors (Lipinski definition) is 0. The monoisotopic (exact) mass is 435 g/mol. The Bertz CT molecular complexity index is 1230. The number of likely N-dealkylation sites (tertiary alicyclic amines) is 1. The molecule has 0 saturated carbocycles. The van der Waals surface area contributed by atoms with Crippen LogP contribution in [0.5, 0.6) is 5.75 Å². The quantitative estimate of drug-likeness (QED) is 0.342. The minimum Gasteiger partial charge on any atom is -0.445 e. The molecule has 1 aliphatic rings. The summed E-state index contributed by atoms with van der Waals surface area (Å²) in [6, 6.07) is 12.1. The number of fused-ring (bicyclic) bond motifs is 1. The van der Waals surface area contributed by atoms with Gasteiger partial charge in [0.25, 0.3) is 0 Å². The Morgan fingerprint density at radius 1 is 1.03 bits per heavy atom. The first kappa shape index (κ1) is 21.6.